The highest BCUT2D eigenvalue weighted by atomic mass is 32.2. The molecule has 1 aliphatic rings. The van der Waals surface area contributed by atoms with Gasteiger partial charge in [0, 0.05) is 12.9 Å². The molecule has 0 saturated heterocycles. The lowest BCUT2D eigenvalue weighted by atomic mass is 9.82. The van der Waals surface area contributed by atoms with E-state index in [0.717, 1.165) is 25.3 Å². The fourth-order valence-electron chi connectivity index (χ4n) is 1.84. The number of sulfone groups is 1. The molecular formula is C10H21NO3S. The maximum atomic E-state index is 10.8. The van der Waals surface area contributed by atoms with Gasteiger partial charge in [-0.25, -0.2) is 8.42 Å². The highest BCUT2D eigenvalue weighted by molar-refractivity contribution is 7.90. The Kier molecular flexibility index (Phi) is 5.02. The normalized spacial score (nSPS) is 26.3. The van der Waals surface area contributed by atoms with Crippen molar-refractivity contribution in [3.05, 3.63) is 0 Å². The molecule has 0 spiro atoms. The number of hydrogen-bond donors (Lipinski definition) is 1. The van der Waals surface area contributed by atoms with Gasteiger partial charge in [-0.1, -0.05) is 0 Å². The third-order valence-corrected chi connectivity index (χ3v) is 3.73. The SMILES string of the molecule is CNCC1CC(OCCCS(C)(=O)=O)C1. The number of nitrogens with one attached hydrogen (secondary N) is 1. The Morgan fingerprint density at radius 2 is 2.07 bits per heavy atom. The molecule has 0 unspecified atom stereocenters. The lowest BCUT2D eigenvalue weighted by Gasteiger charge is -2.35. The predicted molar refractivity (Wildman–Crippen MR) is 60.7 cm³/mol. The van der Waals surface area contributed by atoms with Crippen LogP contribution in [0.25, 0.3) is 0 Å². The van der Waals surface area contributed by atoms with Crippen LogP contribution in [0.15, 0.2) is 0 Å². The fraction of sp³-hybridized carbons (Fsp3) is 1.00. The van der Waals surface area contributed by atoms with E-state index in [4.69, 9.17) is 4.74 Å². The first-order chi connectivity index (χ1) is 7.01. The first-order valence-electron chi connectivity index (χ1n) is 5.45. The van der Waals surface area contributed by atoms with E-state index in [0.29, 0.717) is 19.1 Å². The van der Waals surface area contributed by atoms with Crippen LogP contribution in [-0.4, -0.2) is 46.7 Å². The average Bonchev–Trinajstić information content (AvgIpc) is 2.05. The van der Waals surface area contributed by atoms with Gasteiger partial charge < -0.3 is 10.1 Å². The topological polar surface area (TPSA) is 55.4 Å². The number of ether oxygens (including phenoxy) is 1. The van der Waals surface area contributed by atoms with Crippen molar-refractivity contribution in [3.63, 3.8) is 0 Å². The summed E-state index contributed by atoms with van der Waals surface area (Å²) in [4.78, 5) is 0. The Balaban J connectivity index is 1.95. The van der Waals surface area contributed by atoms with Crippen molar-refractivity contribution >= 4 is 9.84 Å². The van der Waals surface area contributed by atoms with E-state index in [1.54, 1.807) is 0 Å². The smallest absolute Gasteiger partial charge is 0.147 e. The largest absolute Gasteiger partial charge is 0.378 e. The maximum Gasteiger partial charge on any atom is 0.147 e. The van der Waals surface area contributed by atoms with Crippen molar-refractivity contribution in [3.8, 4) is 0 Å². The molecule has 1 saturated carbocycles. The summed E-state index contributed by atoms with van der Waals surface area (Å²) >= 11 is 0. The average molecular weight is 235 g/mol. The third kappa shape index (κ3) is 5.49. The number of rotatable bonds is 7. The molecule has 0 atom stereocenters. The summed E-state index contributed by atoms with van der Waals surface area (Å²) in [7, 11) is -0.862. The van der Waals surface area contributed by atoms with Crippen LogP contribution in [0.5, 0.6) is 0 Å². The van der Waals surface area contributed by atoms with E-state index in [2.05, 4.69) is 5.32 Å². The Morgan fingerprint density at radius 3 is 2.60 bits per heavy atom. The van der Waals surface area contributed by atoms with Crippen molar-refractivity contribution in [1.82, 2.24) is 5.32 Å². The summed E-state index contributed by atoms with van der Waals surface area (Å²) in [6.07, 6.45) is 4.47. The molecule has 1 aliphatic carbocycles. The Bertz CT molecular complexity index is 270. The first-order valence-corrected chi connectivity index (χ1v) is 7.51. The molecule has 5 heteroatoms. The lowest BCUT2D eigenvalue weighted by Crippen LogP contribution is -2.37. The van der Waals surface area contributed by atoms with Crippen LogP contribution >= 0.6 is 0 Å². The molecular weight excluding hydrogens is 214 g/mol. The second-order valence-corrected chi connectivity index (χ2v) is 6.63. The van der Waals surface area contributed by atoms with E-state index < -0.39 is 9.84 Å². The summed E-state index contributed by atoms with van der Waals surface area (Å²) in [6.45, 7) is 1.63. The number of hydrogen-bond acceptors (Lipinski definition) is 4. The van der Waals surface area contributed by atoms with Gasteiger partial charge in [-0.05, 0) is 38.8 Å². The first kappa shape index (κ1) is 12.9. The zero-order chi connectivity index (χ0) is 11.3. The monoisotopic (exact) mass is 235 g/mol. The summed E-state index contributed by atoms with van der Waals surface area (Å²) in [5.41, 5.74) is 0. The molecule has 0 bridgehead atoms. The summed E-state index contributed by atoms with van der Waals surface area (Å²) in [5, 5.41) is 3.14. The second kappa shape index (κ2) is 5.82. The predicted octanol–water partition coefficient (Wildman–Crippen LogP) is 0.436. The van der Waals surface area contributed by atoms with E-state index in [9.17, 15) is 8.42 Å². The summed E-state index contributed by atoms with van der Waals surface area (Å²) in [5.74, 6) is 0.981. The molecule has 0 aromatic heterocycles. The third-order valence-electron chi connectivity index (χ3n) is 2.70. The lowest BCUT2D eigenvalue weighted by molar-refractivity contribution is -0.0288. The van der Waals surface area contributed by atoms with Crippen LogP contribution in [-0.2, 0) is 14.6 Å². The van der Waals surface area contributed by atoms with Crippen molar-refractivity contribution in [2.75, 3.05) is 32.2 Å². The second-order valence-electron chi connectivity index (χ2n) is 4.37. The Labute approximate surface area is 92.3 Å². The van der Waals surface area contributed by atoms with Crippen molar-refractivity contribution in [2.45, 2.75) is 25.4 Å². The highest BCUT2D eigenvalue weighted by Crippen LogP contribution is 2.29. The minimum Gasteiger partial charge on any atom is -0.378 e. The Hall–Kier alpha value is -0.130. The molecule has 1 N–H and O–H groups in total. The van der Waals surface area contributed by atoms with E-state index in [1.165, 1.54) is 6.26 Å². The van der Waals surface area contributed by atoms with Crippen LogP contribution < -0.4 is 5.32 Å². The highest BCUT2D eigenvalue weighted by Gasteiger charge is 2.28. The van der Waals surface area contributed by atoms with Gasteiger partial charge in [-0.15, -0.1) is 0 Å². The van der Waals surface area contributed by atoms with E-state index in [-0.39, 0.29) is 5.75 Å². The van der Waals surface area contributed by atoms with Crippen LogP contribution in [0, 0.1) is 5.92 Å². The van der Waals surface area contributed by atoms with Gasteiger partial charge in [-0.2, -0.15) is 0 Å². The van der Waals surface area contributed by atoms with Gasteiger partial charge in [0.1, 0.15) is 9.84 Å². The van der Waals surface area contributed by atoms with Crippen molar-refractivity contribution < 1.29 is 13.2 Å². The zero-order valence-corrected chi connectivity index (χ0v) is 10.3. The molecule has 1 rings (SSSR count). The molecule has 0 aliphatic heterocycles. The van der Waals surface area contributed by atoms with Gasteiger partial charge in [-0.3, -0.25) is 0 Å². The van der Waals surface area contributed by atoms with Crippen LogP contribution in [0.2, 0.25) is 0 Å². The zero-order valence-electron chi connectivity index (χ0n) is 9.53. The standard InChI is InChI=1S/C10H21NO3S/c1-11-8-9-6-10(7-9)14-4-3-5-15(2,12)13/h9-11H,3-8H2,1-2H3. The molecule has 0 radical (unpaired) electrons. The quantitative estimate of drug-likeness (QED) is 0.650. The summed E-state index contributed by atoms with van der Waals surface area (Å²) in [6, 6.07) is 0. The molecule has 15 heavy (non-hydrogen) atoms. The van der Waals surface area contributed by atoms with E-state index in [1.807, 2.05) is 7.05 Å². The van der Waals surface area contributed by atoms with Crippen LogP contribution in [0.1, 0.15) is 19.3 Å². The molecule has 1 fully saturated rings. The van der Waals surface area contributed by atoms with Gasteiger partial charge in [0.25, 0.3) is 0 Å². The molecule has 0 aromatic carbocycles. The molecule has 90 valence electrons. The van der Waals surface area contributed by atoms with Crippen LogP contribution in [0.4, 0.5) is 0 Å². The van der Waals surface area contributed by atoms with Crippen molar-refractivity contribution in [2.24, 2.45) is 5.92 Å². The molecule has 0 amide bonds. The van der Waals surface area contributed by atoms with Crippen molar-refractivity contribution in [1.29, 1.82) is 0 Å². The Morgan fingerprint density at radius 1 is 1.40 bits per heavy atom. The molecule has 0 heterocycles. The molecule has 4 nitrogen and oxygen atoms in total. The van der Waals surface area contributed by atoms with Gasteiger partial charge in [0.15, 0.2) is 0 Å². The van der Waals surface area contributed by atoms with Gasteiger partial charge in [0.2, 0.25) is 0 Å². The minimum absolute atomic E-state index is 0.236. The molecule has 0 aromatic rings. The fourth-order valence-corrected chi connectivity index (χ4v) is 2.48. The van der Waals surface area contributed by atoms with E-state index >= 15 is 0 Å². The van der Waals surface area contributed by atoms with Crippen LogP contribution in [0.3, 0.4) is 0 Å². The maximum absolute atomic E-state index is 10.8. The van der Waals surface area contributed by atoms with Gasteiger partial charge >= 0.3 is 0 Å². The summed E-state index contributed by atoms with van der Waals surface area (Å²) < 4.78 is 27.2. The van der Waals surface area contributed by atoms with Gasteiger partial charge in [0.05, 0.1) is 11.9 Å². The minimum atomic E-state index is -2.82.